The van der Waals surface area contributed by atoms with Gasteiger partial charge in [-0.15, -0.1) is 0 Å². The molecule has 0 bridgehead atoms. The van der Waals surface area contributed by atoms with E-state index in [1.165, 1.54) is 99.4 Å². The summed E-state index contributed by atoms with van der Waals surface area (Å²) < 4.78 is 6.16. The first kappa shape index (κ1) is 29.2. The van der Waals surface area contributed by atoms with Gasteiger partial charge in [-0.25, -0.2) is 0 Å². The SMILES string of the molecule is CCCCN(C/C=C/c1ccc2oc3ccc(/C=C/CN(CCCC)CCCC)cc3c2c1)CCCC. The number of benzene rings is 2. The van der Waals surface area contributed by atoms with Gasteiger partial charge in [-0.05, 0) is 87.3 Å². The standard InChI is InChI=1S/C34H50N2O/c1-5-9-21-35(22-10-6-2)25-13-15-29-17-19-33-31(27-29)32-28-30(18-20-34(32)37-33)16-14-26-36(23-11-7-3)24-12-8-4/h13-20,27-28H,5-12,21-26H2,1-4H3/b15-13+,16-14+. The van der Waals surface area contributed by atoms with Crippen LogP contribution in [0, 0.1) is 0 Å². The molecule has 2 aromatic carbocycles. The van der Waals surface area contributed by atoms with Crippen LogP contribution in [0.1, 0.15) is 90.2 Å². The molecule has 3 rings (SSSR count). The van der Waals surface area contributed by atoms with Gasteiger partial charge in [0.1, 0.15) is 11.2 Å². The van der Waals surface area contributed by atoms with E-state index in [9.17, 15) is 0 Å². The monoisotopic (exact) mass is 502 g/mol. The van der Waals surface area contributed by atoms with Crippen molar-refractivity contribution in [2.75, 3.05) is 39.3 Å². The molecule has 3 heteroatoms. The number of hydrogen-bond acceptors (Lipinski definition) is 3. The average Bonchev–Trinajstić information content (AvgIpc) is 3.28. The molecule has 0 saturated carbocycles. The van der Waals surface area contributed by atoms with Crippen molar-refractivity contribution >= 4 is 34.1 Å². The zero-order chi connectivity index (χ0) is 26.3. The maximum absolute atomic E-state index is 6.16. The van der Waals surface area contributed by atoms with Crippen molar-refractivity contribution in [3.63, 3.8) is 0 Å². The minimum Gasteiger partial charge on any atom is -0.456 e. The third kappa shape index (κ3) is 9.47. The van der Waals surface area contributed by atoms with E-state index in [-0.39, 0.29) is 0 Å². The van der Waals surface area contributed by atoms with E-state index < -0.39 is 0 Å². The van der Waals surface area contributed by atoms with Gasteiger partial charge in [0.15, 0.2) is 0 Å². The van der Waals surface area contributed by atoms with Crippen molar-refractivity contribution in [1.29, 1.82) is 0 Å². The molecule has 1 aromatic heterocycles. The molecule has 0 amide bonds. The number of rotatable bonds is 18. The summed E-state index contributed by atoms with van der Waals surface area (Å²) >= 11 is 0. The Bertz CT molecular complexity index is 1010. The van der Waals surface area contributed by atoms with E-state index in [1.807, 2.05) is 0 Å². The molecule has 0 fully saturated rings. The van der Waals surface area contributed by atoms with E-state index in [2.05, 4.69) is 98.2 Å². The molecule has 0 aliphatic heterocycles. The van der Waals surface area contributed by atoms with E-state index in [0.29, 0.717) is 0 Å². The molecule has 0 aliphatic carbocycles. The first-order valence-corrected chi connectivity index (χ1v) is 14.9. The predicted molar refractivity (Wildman–Crippen MR) is 164 cm³/mol. The second-order valence-corrected chi connectivity index (χ2v) is 10.4. The highest BCUT2D eigenvalue weighted by Gasteiger charge is 2.08. The molecule has 37 heavy (non-hydrogen) atoms. The summed E-state index contributed by atoms with van der Waals surface area (Å²) in [5.74, 6) is 0. The molecule has 0 aliphatic rings. The van der Waals surface area contributed by atoms with Crippen LogP contribution >= 0.6 is 0 Å². The maximum Gasteiger partial charge on any atom is 0.135 e. The summed E-state index contributed by atoms with van der Waals surface area (Å²) in [5, 5.41) is 2.41. The summed E-state index contributed by atoms with van der Waals surface area (Å²) in [4.78, 5) is 5.17. The van der Waals surface area contributed by atoms with Crippen LogP contribution in [0.3, 0.4) is 0 Å². The lowest BCUT2D eigenvalue weighted by Gasteiger charge is -2.19. The summed E-state index contributed by atoms with van der Waals surface area (Å²) in [5.41, 5.74) is 4.41. The van der Waals surface area contributed by atoms with Gasteiger partial charge in [0.2, 0.25) is 0 Å². The van der Waals surface area contributed by atoms with Crippen LogP contribution in [-0.4, -0.2) is 49.1 Å². The fourth-order valence-electron chi connectivity index (χ4n) is 4.81. The normalized spacial score (nSPS) is 12.5. The summed E-state index contributed by atoms with van der Waals surface area (Å²) in [7, 11) is 0. The molecule has 0 saturated heterocycles. The van der Waals surface area contributed by atoms with E-state index in [1.54, 1.807) is 0 Å². The molecule has 0 atom stereocenters. The molecule has 0 spiro atoms. The molecular formula is C34H50N2O. The third-order valence-corrected chi connectivity index (χ3v) is 7.18. The molecule has 0 unspecified atom stereocenters. The fourth-order valence-corrected chi connectivity index (χ4v) is 4.81. The number of hydrogen-bond donors (Lipinski definition) is 0. The Morgan fingerprint density at radius 2 is 0.946 bits per heavy atom. The zero-order valence-electron chi connectivity index (χ0n) is 24.0. The highest BCUT2D eigenvalue weighted by atomic mass is 16.3. The number of nitrogens with zero attached hydrogens (tertiary/aromatic N) is 2. The lowest BCUT2D eigenvalue weighted by atomic mass is 10.1. The van der Waals surface area contributed by atoms with Crippen molar-refractivity contribution in [2.24, 2.45) is 0 Å². The second-order valence-electron chi connectivity index (χ2n) is 10.4. The summed E-state index contributed by atoms with van der Waals surface area (Å²) in [6.07, 6.45) is 19.3. The molecular weight excluding hydrogens is 452 g/mol. The summed E-state index contributed by atoms with van der Waals surface area (Å²) in [6, 6.07) is 13.2. The van der Waals surface area contributed by atoms with Gasteiger partial charge in [0, 0.05) is 23.9 Å². The van der Waals surface area contributed by atoms with Gasteiger partial charge in [-0.2, -0.15) is 0 Å². The molecule has 0 radical (unpaired) electrons. The number of fused-ring (bicyclic) bond motifs is 3. The third-order valence-electron chi connectivity index (χ3n) is 7.18. The molecule has 3 nitrogen and oxygen atoms in total. The first-order chi connectivity index (χ1) is 18.2. The predicted octanol–water partition coefficient (Wildman–Crippen LogP) is 9.42. The van der Waals surface area contributed by atoms with Crippen LogP contribution in [0.2, 0.25) is 0 Å². The van der Waals surface area contributed by atoms with Crippen molar-refractivity contribution in [1.82, 2.24) is 9.80 Å². The maximum atomic E-state index is 6.16. The molecule has 202 valence electrons. The number of furan rings is 1. The first-order valence-electron chi connectivity index (χ1n) is 14.9. The lowest BCUT2D eigenvalue weighted by Crippen LogP contribution is -2.26. The van der Waals surface area contributed by atoms with Crippen LogP contribution in [0.4, 0.5) is 0 Å². The quantitative estimate of drug-likeness (QED) is 0.173. The van der Waals surface area contributed by atoms with Crippen molar-refractivity contribution in [2.45, 2.75) is 79.1 Å². The van der Waals surface area contributed by atoms with Gasteiger partial charge in [-0.3, -0.25) is 9.80 Å². The molecule has 0 N–H and O–H groups in total. The second kappa shape index (κ2) is 16.5. The minimum absolute atomic E-state index is 0.964. The van der Waals surface area contributed by atoms with Crippen LogP contribution in [0.15, 0.2) is 53.0 Å². The minimum atomic E-state index is 0.964. The Hall–Kier alpha value is -2.36. The van der Waals surface area contributed by atoms with Crippen LogP contribution in [0.25, 0.3) is 34.1 Å². The van der Waals surface area contributed by atoms with Crippen molar-refractivity contribution < 1.29 is 4.42 Å². The summed E-state index contributed by atoms with van der Waals surface area (Å²) in [6.45, 7) is 15.9. The van der Waals surface area contributed by atoms with E-state index >= 15 is 0 Å². The van der Waals surface area contributed by atoms with Gasteiger partial charge in [0.25, 0.3) is 0 Å². The van der Waals surface area contributed by atoms with Crippen molar-refractivity contribution in [3.8, 4) is 0 Å². The Kier molecular flexibility index (Phi) is 13.0. The van der Waals surface area contributed by atoms with Gasteiger partial charge < -0.3 is 4.42 Å². The molecule has 3 aromatic rings. The Morgan fingerprint density at radius 1 is 0.568 bits per heavy atom. The Balaban J connectivity index is 1.71. The average molecular weight is 503 g/mol. The van der Waals surface area contributed by atoms with Crippen LogP contribution in [0.5, 0.6) is 0 Å². The smallest absolute Gasteiger partial charge is 0.135 e. The van der Waals surface area contributed by atoms with E-state index in [0.717, 1.165) is 24.3 Å². The molecule has 1 heterocycles. The topological polar surface area (TPSA) is 19.6 Å². The van der Waals surface area contributed by atoms with Crippen LogP contribution in [-0.2, 0) is 0 Å². The Morgan fingerprint density at radius 3 is 1.30 bits per heavy atom. The largest absolute Gasteiger partial charge is 0.456 e. The highest BCUT2D eigenvalue weighted by Crippen LogP contribution is 2.31. The van der Waals surface area contributed by atoms with Crippen LogP contribution < -0.4 is 0 Å². The fraction of sp³-hybridized carbons (Fsp3) is 0.529. The highest BCUT2D eigenvalue weighted by molar-refractivity contribution is 6.06. The van der Waals surface area contributed by atoms with E-state index in [4.69, 9.17) is 4.42 Å². The van der Waals surface area contributed by atoms with Gasteiger partial charge in [-0.1, -0.05) is 89.8 Å². The van der Waals surface area contributed by atoms with Gasteiger partial charge in [0.05, 0.1) is 0 Å². The Labute approximate surface area is 226 Å². The number of unbranched alkanes of at least 4 members (excludes halogenated alkanes) is 4. The van der Waals surface area contributed by atoms with Gasteiger partial charge >= 0.3 is 0 Å². The lowest BCUT2D eigenvalue weighted by molar-refractivity contribution is 0.293. The zero-order valence-corrected chi connectivity index (χ0v) is 24.0. The van der Waals surface area contributed by atoms with Crippen molar-refractivity contribution in [3.05, 3.63) is 59.7 Å².